The van der Waals surface area contributed by atoms with Gasteiger partial charge in [0, 0.05) is 19.6 Å². The molecule has 2 aromatic carbocycles. The summed E-state index contributed by atoms with van der Waals surface area (Å²) in [6.07, 6.45) is 2.36. The van der Waals surface area contributed by atoms with Crippen LogP contribution in [0.2, 0.25) is 5.02 Å². The maximum Gasteiger partial charge on any atom is 0.229 e. The van der Waals surface area contributed by atoms with Crippen LogP contribution < -0.4 is 15.4 Å². The Morgan fingerprint density at radius 1 is 1.05 bits per heavy atom. The summed E-state index contributed by atoms with van der Waals surface area (Å²) >= 11 is 6.36. The molecule has 0 aliphatic carbocycles. The molecule has 0 amide bonds. The average Bonchev–Trinajstić information content (AvgIpc) is 2.90. The van der Waals surface area contributed by atoms with Gasteiger partial charge in [-0.3, -0.25) is 4.90 Å². The van der Waals surface area contributed by atoms with Crippen LogP contribution in [0.5, 0.6) is 5.75 Å². The van der Waals surface area contributed by atoms with Crippen LogP contribution in [0.25, 0.3) is 0 Å². The maximum absolute atomic E-state index is 12.8. The molecule has 0 atom stereocenters. The van der Waals surface area contributed by atoms with Gasteiger partial charge in [-0.05, 0) is 44.5 Å². The predicted molar refractivity (Wildman–Crippen MR) is 146 cm³/mol. The zero-order valence-electron chi connectivity index (χ0n) is 21.0. The number of aromatic nitrogens is 2. The van der Waals surface area contributed by atoms with E-state index in [-0.39, 0.29) is 15.7 Å². The number of hydrogen-bond acceptors (Lipinski definition) is 9. The molecule has 0 bridgehead atoms. The number of ether oxygens (including phenoxy) is 2. The highest BCUT2D eigenvalue weighted by Crippen LogP contribution is 2.31. The molecule has 1 aromatic heterocycles. The third-order valence-corrected chi connectivity index (χ3v) is 8.41. The Labute approximate surface area is 223 Å². The molecule has 1 fully saturated rings. The lowest BCUT2D eigenvalue weighted by molar-refractivity contribution is 0.0358. The van der Waals surface area contributed by atoms with Gasteiger partial charge in [-0.15, -0.1) is 0 Å². The van der Waals surface area contributed by atoms with Crippen molar-refractivity contribution >= 4 is 44.6 Å². The predicted octanol–water partition coefficient (Wildman–Crippen LogP) is 4.90. The SMILES string of the molecule is CC(C)S(=O)(=O)c1ccccc1Nc1nc(Nc2ccccc2OCCCN2CCOCC2)ncc1Cl. The first-order chi connectivity index (χ1) is 17.8. The molecule has 9 nitrogen and oxygen atoms in total. The van der Waals surface area contributed by atoms with Gasteiger partial charge in [0.15, 0.2) is 15.7 Å². The largest absolute Gasteiger partial charge is 0.491 e. The van der Waals surface area contributed by atoms with Crippen molar-refractivity contribution < 1.29 is 17.9 Å². The molecule has 0 radical (unpaired) electrons. The number of halogens is 1. The zero-order chi connectivity index (χ0) is 26.3. The van der Waals surface area contributed by atoms with E-state index in [4.69, 9.17) is 21.1 Å². The number of sulfone groups is 1. The Morgan fingerprint density at radius 2 is 1.76 bits per heavy atom. The van der Waals surface area contributed by atoms with Gasteiger partial charge in [0.1, 0.15) is 10.8 Å². The fourth-order valence-electron chi connectivity index (χ4n) is 3.83. The third kappa shape index (κ3) is 7.10. The summed E-state index contributed by atoms with van der Waals surface area (Å²) in [7, 11) is -3.51. The number of nitrogens with zero attached hydrogens (tertiary/aromatic N) is 3. The molecular weight excluding hydrogens is 514 g/mol. The smallest absolute Gasteiger partial charge is 0.229 e. The highest BCUT2D eigenvalue weighted by molar-refractivity contribution is 7.92. The Hall–Kier alpha value is -2.92. The van der Waals surface area contributed by atoms with Gasteiger partial charge in [0.25, 0.3) is 0 Å². The number of anilines is 4. The molecule has 0 unspecified atom stereocenters. The van der Waals surface area contributed by atoms with Gasteiger partial charge < -0.3 is 20.1 Å². The molecule has 3 aromatic rings. The minimum atomic E-state index is -3.51. The molecule has 4 rings (SSSR count). The number of morpholine rings is 1. The van der Waals surface area contributed by atoms with Gasteiger partial charge in [0.2, 0.25) is 5.95 Å². The summed E-state index contributed by atoms with van der Waals surface area (Å²) in [5.41, 5.74) is 1.11. The second-order valence-electron chi connectivity index (χ2n) is 8.88. The summed E-state index contributed by atoms with van der Waals surface area (Å²) in [6.45, 7) is 8.30. The number of para-hydroxylation sites is 3. The molecule has 0 saturated carbocycles. The van der Waals surface area contributed by atoms with Crippen molar-refractivity contribution in [1.82, 2.24) is 14.9 Å². The highest BCUT2D eigenvalue weighted by Gasteiger charge is 2.23. The van der Waals surface area contributed by atoms with E-state index < -0.39 is 15.1 Å². The third-order valence-electron chi connectivity index (χ3n) is 5.92. The van der Waals surface area contributed by atoms with Gasteiger partial charge in [0.05, 0.1) is 47.5 Å². The summed E-state index contributed by atoms with van der Waals surface area (Å²) in [5.74, 6) is 1.26. The summed E-state index contributed by atoms with van der Waals surface area (Å²) < 4.78 is 37.1. The van der Waals surface area contributed by atoms with E-state index in [0.717, 1.165) is 39.3 Å². The van der Waals surface area contributed by atoms with Gasteiger partial charge in [-0.1, -0.05) is 35.9 Å². The lowest BCUT2D eigenvalue weighted by atomic mass is 10.3. The Balaban J connectivity index is 1.46. The molecule has 2 N–H and O–H groups in total. The van der Waals surface area contributed by atoms with Crippen LogP contribution in [0.4, 0.5) is 23.1 Å². The van der Waals surface area contributed by atoms with E-state index in [9.17, 15) is 8.42 Å². The van der Waals surface area contributed by atoms with Gasteiger partial charge in [-0.25, -0.2) is 13.4 Å². The zero-order valence-corrected chi connectivity index (χ0v) is 22.6. The van der Waals surface area contributed by atoms with Crippen molar-refractivity contribution in [1.29, 1.82) is 0 Å². The fourth-order valence-corrected chi connectivity index (χ4v) is 5.17. The Bertz CT molecular complexity index is 1300. The topological polar surface area (TPSA) is 106 Å². The van der Waals surface area contributed by atoms with Crippen molar-refractivity contribution in [3.05, 3.63) is 59.8 Å². The van der Waals surface area contributed by atoms with Gasteiger partial charge in [-0.2, -0.15) is 4.98 Å². The minimum Gasteiger partial charge on any atom is -0.491 e. The first kappa shape index (κ1) is 27.1. The minimum absolute atomic E-state index is 0.185. The molecular formula is C26H32ClN5O4S. The van der Waals surface area contributed by atoms with E-state index in [1.807, 2.05) is 24.3 Å². The second-order valence-corrected chi connectivity index (χ2v) is 11.8. The van der Waals surface area contributed by atoms with Gasteiger partial charge >= 0.3 is 0 Å². The summed E-state index contributed by atoms with van der Waals surface area (Å²) in [4.78, 5) is 11.3. The van der Waals surface area contributed by atoms with Crippen LogP contribution in [-0.2, 0) is 14.6 Å². The number of hydrogen-bond donors (Lipinski definition) is 2. The average molecular weight is 546 g/mol. The van der Waals surface area contributed by atoms with E-state index in [2.05, 4.69) is 25.5 Å². The quantitative estimate of drug-likeness (QED) is 0.325. The number of benzene rings is 2. The van der Waals surface area contributed by atoms with E-state index in [1.165, 1.54) is 6.20 Å². The Kier molecular flexibility index (Phi) is 9.20. The van der Waals surface area contributed by atoms with Crippen LogP contribution in [-0.4, -0.2) is 68.0 Å². The van der Waals surface area contributed by atoms with E-state index in [0.29, 0.717) is 29.7 Å². The molecule has 11 heteroatoms. The highest BCUT2D eigenvalue weighted by atomic mass is 35.5. The van der Waals surface area contributed by atoms with Crippen molar-refractivity contribution in [2.24, 2.45) is 0 Å². The number of rotatable bonds is 11. The van der Waals surface area contributed by atoms with E-state index >= 15 is 0 Å². The second kappa shape index (κ2) is 12.6. The Morgan fingerprint density at radius 3 is 2.51 bits per heavy atom. The lowest BCUT2D eigenvalue weighted by Gasteiger charge is -2.26. The van der Waals surface area contributed by atoms with Crippen LogP contribution >= 0.6 is 11.6 Å². The normalized spacial score (nSPS) is 14.5. The maximum atomic E-state index is 12.8. The van der Waals surface area contributed by atoms with Crippen LogP contribution in [0.3, 0.4) is 0 Å². The summed E-state index contributed by atoms with van der Waals surface area (Å²) in [5, 5.41) is 5.95. The molecule has 1 aliphatic rings. The molecule has 37 heavy (non-hydrogen) atoms. The molecule has 2 heterocycles. The van der Waals surface area contributed by atoms with Crippen molar-refractivity contribution in [2.75, 3.05) is 50.1 Å². The molecule has 1 saturated heterocycles. The summed E-state index contributed by atoms with van der Waals surface area (Å²) in [6, 6.07) is 14.3. The fraction of sp³-hybridized carbons (Fsp3) is 0.385. The van der Waals surface area contributed by atoms with Crippen LogP contribution in [0, 0.1) is 0 Å². The lowest BCUT2D eigenvalue weighted by Crippen LogP contribution is -2.37. The van der Waals surface area contributed by atoms with Crippen LogP contribution in [0.1, 0.15) is 20.3 Å². The number of nitrogens with one attached hydrogen (secondary N) is 2. The van der Waals surface area contributed by atoms with E-state index in [1.54, 1.807) is 38.1 Å². The molecule has 198 valence electrons. The van der Waals surface area contributed by atoms with Crippen molar-refractivity contribution in [3.63, 3.8) is 0 Å². The van der Waals surface area contributed by atoms with Crippen molar-refractivity contribution in [3.8, 4) is 5.75 Å². The monoisotopic (exact) mass is 545 g/mol. The van der Waals surface area contributed by atoms with Crippen molar-refractivity contribution in [2.45, 2.75) is 30.4 Å². The van der Waals surface area contributed by atoms with Crippen LogP contribution in [0.15, 0.2) is 59.6 Å². The standard InChI is InChI=1S/C26H32ClN5O4S/c1-19(2)37(33,34)24-11-6-4-9-22(24)29-25-20(27)18-28-26(31-25)30-21-8-3-5-10-23(21)36-15-7-12-32-13-16-35-17-14-32/h3-6,8-11,18-19H,7,12-17H2,1-2H3,(H2,28,29,30,31). The molecule has 0 spiro atoms. The first-order valence-electron chi connectivity index (χ1n) is 12.3. The molecule has 1 aliphatic heterocycles. The first-order valence-corrected chi connectivity index (χ1v) is 14.2.